The van der Waals surface area contributed by atoms with Crippen molar-refractivity contribution in [1.82, 2.24) is 29.4 Å². The van der Waals surface area contributed by atoms with Crippen LogP contribution in [-0.2, 0) is 6.54 Å². The quantitative estimate of drug-likeness (QED) is 0.460. The molecule has 10 nitrogen and oxygen atoms in total. The summed E-state index contributed by atoms with van der Waals surface area (Å²) in [5.74, 6) is 0.543. The lowest BCUT2D eigenvalue weighted by atomic mass is 9.92. The Labute approximate surface area is 195 Å². The number of nitrogen functional groups attached to an aromatic ring is 1. The van der Waals surface area contributed by atoms with E-state index in [1.165, 1.54) is 23.8 Å². The lowest BCUT2D eigenvalue weighted by Gasteiger charge is -2.37. The molecule has 1 aromatic carbocycles. The number of nitrogens with two attached hydrogens (primary N) is 1. The molecule has 0 spiro atoms. The van der Waals surface area contributed by atoms with Gasteiger partial charge in [-0.2, -0.15) is 9.61 Å². The normalized spacial score (nSPS) is 21.9. The van der Waals surface area contributed by atoms with Crippen molar-refractivity contribution < 1.29 is 14.2 Å². The van der Waals surface area contributed by atoms with Crippen LogP contribution < -0.4 is 15.4 Å². The minimum Gasteiger partial charge on any atom is -0.494 e. The van der Waals surface area contributed by atoms with Gasteiger partial charge in [0.2, 0.25) is 5.95 Å². The van der Waals surface area contributed by atoms with Crippen LogP contribution in [0.4, 0.5) is 16.0 Å². The fourth-order valence-electron chi connectivity index (χ4n) is 4.85. The molecule has 0 amide bonds. The molecule has 6 rings (SSSR count). The van der Waals surface area contributed by atoms with Crippen molar-refractivity contribution in [3.05, 3.63) is 36.2 Å². The zero-order valence-electron chi connectivity index (χ0n) is 19.1. The van der Waals surface area contributed by atoms with Crippen LogP contribution in [0.1, 0.15) is 44.3 Å². The summed E-state index contributed by atoms with van der Waals surface area (Å²) in [5, 5.41) is 19.9. The summed E-state index contributed by atoms with van der Waals surface area (Å²) in [7, 11) is 1.41. The van der Waals surface area contributed by atoms with E-state index in [1.807, 2.05) is 17.1 Å². The smallest absolute Gasteiger partial charge is 0.223 e. The average molecular weight is 467 g/mol. The highest BCUT2D eigenvalue weighted by atomic mass is 19.1. The minimum atomic E-state index is -0.597. The van der Waals surface area contributed by atoms with E-state index in [-0.39, 0.29) is 17.6 Å². The van der Waals surface area contributed by atoms with Crippen LogP contribution >= 0.6 is 0 Å². The first-order valence-corrected chi connectivity index (χ1v) is 11.5. The van der Waals surface area contributed by atoms with Gasteiger partial charge in [-0.25, -0.2) is 14.4 Å². The molecule has 2 aliphatic rings. The summed E-state index contributed by atoms with van der Waals surface area (Å²) in [5.41, 5.74) is 7.58. The highest BCUT2D eigenvalue weighted by Gasteiger charge is 2.41. The van der Waals surface area contributed by atoms with Gasteiger partial charge in [0.05, 0.1) is 36.7 Å². The first kappa shape index (κ1) is 21.1. The first-order valence-electron chi connectivity index (χ1n) is 11.5. The molecule has 3 aromatic heterocycles. The van der Waals surface area contributed by atoms with E-state index >= 15 is 0 Å². The summed E-state index contributed by atoms with van der Waals surface area (Å²) < 4.78 is 22.8. The van der Waals surface area contributed by atoms with Crippen LogP contribution in [-0.4, -0.2) is 59.8 Å². The number of ether oxygens (including phenoxy) is 1. The SMILES string of the molecule is COc1cc2nc(N)n3nc(C4CCC(C)N(c5cnn(CC6(O)CC6)c5)C4)nc3c2cc1F. The van der Waals surface area contributed by atoms with E-state index in [4.69, 9.17) is 15.5 Å². The maximum absolute atomic E-state index is 14.4. The monoisotopic (exact) mass is 466 g/mol. The van der Waals surface area contributed by atoms with Gasteiger partial charge >= 0.3 is 0 Å². The second-order valence-electron chi connectivity index (χ2n) is 9.58. The Kier molecular flexibility index (Phi) is 4.67. The number of hydrogen-bond donors (Lipinski definition) is 2. The van der Waals surface area contributed by atoms with Gasteiger partial charge in [0, 0.05) is 36.2 Å². The molecule has 1 aliphatic heterocycles. The zero-order chi connectivity index (χ0) is 23.6. The van der Waals surface area contributed by atoms with Gasteiger partial charge in [-0.3, -0.25) is 4.68 Å². The van der Waals surface area contributed by atoms with Crippen LogP contribution in [0.3, 0.4) is 0 Å². The molecule has 1 saturated carbocycles. The highest BCUT2D eigenvalue weighted by molar-refractivity contribution is 5.93. The second-order valence-corrected chi connectivity index (χ2v) is 9.58. The van der Waals surface area contributed by atoms with Gasteiger partial charge in [-0.15, -0.1) is 5.10 Å². The van der Waals surface area contributed by atoms with Gasteiger partial charge in [-0.05, 0) is 38.7 Å². The third-order valence-corrected chi connectivity index (χ3v) is 7.07. The molecule has 1 saturated heterocycles. The minimum absolute atomic E-state index is 0.0737. The Balaban J connectivity index is 1.32. The Morgan fingerprint density at radius 3 is 2.85 bits per heavy atom. The van der Waals surface area contributed by atoms with Gasteiger partial charge in [0.25, 0.3) is 0 Å². The molecule has 2 atom stereocenters. The molecule has 0 radical (unpaired) electrons. The summed E-state index contributed by atoms with van der Waals surface area (Å²) >= 11 is 0. The van der Waals surface area contributed by atoms with Crippen molar-refractivity contribution in [2.24, 2.45) is 0 Å². The Bertz CT molecular complexity index is 1390. The molecule has 178 valence electrons. The van der Waals surface area contributed by atoms with E-state index in [0.29, 0.717) is 35.0 Å². The average Bonchev–Trinajstić information content (AvgIpc) is 3.19. The van der Waals surface area contributed by atoms with Crippen LogP contribution in [0.2, 0.25) is 0 Å². The number of rotatable bonds is 5. The zero-order valence-corrected chi connectivity index (χ0v) is 19.1. The fraction of sp³-hybridized carbons (Fsp3) is 0.478. The number of nitrogens with zero attached hydrogens (tertiary/aromatic N) is 7. The molecule has 2 unspecified atom stereocenters. The summed E-state index contributed by atoms with van der Waals surface area (Å²) in [4.78, 5) is 11.5. The molecule has 3 N–H and O–H groups in total. The number of aromatic nitrogens is 6. The Morgan fingerprint density at radius 2 is 2.09 bits per heavy atom. The third-order valence-electron chi connectivity index (χ3n) is 7.07. The summed E-state index contributed by atoms with van der Waals surface area (Å²) in [6, 6.07) is 3.23. The van der Waals surface area contributed by atoms with Crippen molar-refractivity contribution >= 4 is 28.2 Å². The summed E-state index contributed by atoms with van der Waals surface area (Å²) in [6.45, 7) is 3.44. The standard InChI is InChI=1S/C23H27FN8O2/c1-13-3-4-14(10-31(13)15-9-26-30(11-15)12-23(33)5-6-23)20-28-21-16-7-17(24)19(34-2)8-18(16)27-22(25)32(21)29-20/h7-9,11,13-14,33H,3-6,10,12H2,1-2H3,(H2,25,27). The summed E-state index contributed by atoms with van der Waals surface area (Å²) in [6.07, 6.45) is 7.40. The van der Waals surface area contributed by atoms with Crippen LogP contribution in [0.15, 0.2) is 24.5 Å². The van der Waals surface area contributed by atoms with Crippen molar-refractivity contribution in [1.29, 1.82) is 0 Å². The second kappa shape index (κ2) is 7.52. The predicted octanol–water partition coefficient (Wildman–Crippen LogP) is 2.50. The molecule has 4 heterocycles. The number of benzene rings is 1. The molecular weight excluding hydrogens is 439 g/mol. The maximum atomic E-state index is 14.4. The van der Waals surface area contributed by atoms with E-state index in [2.05, 4.69) is 27.0 Å². The van der Waals surface area contributed by atoms with Crippen LogP contribution in [0.25, 0.3) is 16.6 Å². The highest BCUT2D eigenvalue weighted by Crippen LogP contribution is 2.37. The predicted molar refractivity (Wildman–Crippen MR) is 124 cm³/mol. The molecule has 34 heavy (non-hydrogen) atoms. The van der Waals surface area contributed by atoms with E-state index in [1.54, 1.807) is 0 Å². The number of fused-ring (bicyclic) bond motifs is 3. The number of hydrogen-bond acceptors (Lipinski definition) is 8. The maximum Gasteiger partial charge on any atom is 0.223 e. The fourth-order valence-corrected chi connectivity index (χ4v) is 4.85. The number of methoxy groups -OCH3 is 1. The van der Waals surface area contributed by atoms with Crippen molar-refractivity contribution in [2.45, 2.75) is 56.7 Å². The van der Waals surface area contributed by atoms with E-state index in [0.717, 1.165) is 37.9 Å². The van der Waals surface area contributed by atoms with Crippen molar-refractivity contribution in [3.63, 3.8) is 0 Å². The lowest BCUT2D eigenvalue weighted by Crippen LogP contribution is -2.41. The van der Waals surface area contributed by atoms with Gasteiger partial charge in [0.1, 0.15) is 0 Å². The largest absolute Gasteiger partial charge is 0.494 e. The molecule has 11 heteroatoms. The Morgan fingerprint density at radius 1 is 1.26 bits per heavy atom. The van der Waals surface area contributed by atoms with Gasteiger partial charge in [0.15, 0.2) is 23.0 Å². The molecule has 1 aliphatic carbocycles. The molecular formula is C23H27FN8O2. The number of aliphatic hydroxyl groups is 1. The first-order chi connectivity index (χ1) is 16.3. The third kappa shape index (κ3) is 3.51. The number of halogens is 1. The van der Waals surface area contributed by atoms with Gasteiger partial charge in [-0.1, -0.05) is 0 Å². The number of anilines is 2. The van der Waals surface area contributed by atoms with Crippen molar-refractivity contribution in [2.75, 3.05) is 24.3 Å². The van der Waals surface area contributed by atoms with Crippen LogP contribution in [0.5, 0.6) is 5.75 Å². The van der Waals surface area contributed by atoms with E-state index < -0.39 is 11.4 Å². The van der Waals surface area contributed by atoms with Gasteiger partial charge < -0.3 is 20.5 Å². The Hall–Kier alpha value is -3.47. The van der Waals surface area contributed by atoms with E-state index in [9.17, 15) is 9.50 Å². The lowest BCUT2D eigenvalue weighted by molar-refractivity contribution is 0.125. The molecule has 0 bridgehead atoms. The number of piperidine rings is 1. The van der Waals surface area contributed by atoms with Crippen molar-refractivity contribution in [3.8, 4) is 5.75 Å². The van der Waals surface area contributed by atoms with Crippen LogP contribution in [0, 0.1) is 5.82 Å². The molecule has 4 aromatic rings. The molecule has 2 fully saturated rings. The topological polar surface area (TPSA) is 120 Å².